The molecule has 1 unspecified atom stereocenters. The number of methoxy groups -OCH3 is 1. The summed E-state index contributed by atoms with van der Waals surface area (Å²) in [4.78, 5) is 20.3. The van der Waals surface area contributed by atoms with E-state index in [0.717, 1.165) is 50.0 Å². The molecule has 140 valence electrons. The molecule has 1 aliphatic heterocycles. The van der Waals surface area contributed by atoms with E-state index < -0.39 is 5.60 Å². The molecule has 1 aromatic heterocycles. The monoisotopic (exact) mass is 357 g/mol. The summed E-state index contributed by atoms with van der Waals surface area (Å²) in [6.45, 7) is 2.59. The average molecular weight is 357 g/mol. The first-order chi connectivity index (χ1) is 12.6. The summed E-state index contributed by atoms with van der Waals surface area (Å²) in [5.41, 5.74) is 0.184. The van der Waals surface area contributed by atoms with Crippen molar-refractivity contribution in [1.82, 2.24) is 14.5 Å². The number of hydrogen-bond acceptors (Lipinski definition) is 5. The van der Waals surface area contributed by atoms with E-state index in [9.17, 15) is 9.90 Å². The van der Waals surface area contributed by atoms with Gasteiger partial charge in [0.1, 0.15) is 5.82 Å². The lowest BCUT2D eigenvalue weighted by Gasteiger charge is -2.41. The van der Waals surface area contributed by atoms with Crippen LogP contribution < -0.4 is 5.56 Å². The average Bonchev–Trinajstić information content (AvgIpc) is 3.07. The fourth-order valence-corrected chi connectivity index (χ4v) is 4.27. The van der Waals surface area contributed by atoms with E-state index >= 15 is 0 Å². The second-order valence-electron chi connectivity index (χ2n) is 7.64. The Balaban J connectivity index is 1.74. The van der Waals surface area contributed by atoms with E-state index in [0.29, 0.717) is 25.1 Å². The predicted octanol–water partition coefficient (Wildman–Crippen LogP) is 2.09. The number of nitrogens with zero attached hydrogens (tertiary/aromatic N) is 3. The molecule has 1 atom stereocenters. The number of fused-ring (bicyclic) bond motifs is 1. The fraction of sp³-hybridized carbons (Fsp3) is 0.600. The minimum atomic E-state index is -0.558. The molecule has 4 rings (SSSR count). The fourth-order valence-electron chi connectivity index (χ4n) is 4.27. The Morgan fingerprint density at radius 1 is 1.31 bits per heavy atom. The first-order valence-electron chi connectivity index (χ1n) is 9.56. The van der Waals surface area contributed by atoms with Gasteiger partial charge >= 0.3 is 0 Å². The van der Waals surface area contributed by atoms with Crippen LogP contribution in [0.25, 0.3) is 10.9 Å². The molecule has 2 heterocycles. The quantitative estimate of drug-likeness (QED) is 0.857. The minimum Gasteiger partial charge on any atom is -0.389 e. The summed E-state index contributed by atoms with van der Waals surface area (Å²) in [7, 11) is 1.65. The Morgan fingerprint density at radius 3 is 2.85 bits per heavy atom. The number of aliphatic hydroxyl groups is 1. The largest absolute Gasteiger partial charge is 0.389 e. The molecule has 2 aliphatic rings. The van der Waals surface area contributed by atoms with Crippen molar-refractivity contribution in [2.24, 2.45) is 0 Å². The molecule has 1 saturated carbocycles. The lowest BCUT2D eigenvalue weighted by atomic mass is 9.80. The summed E-state index contributed by atoms with van der Waals surface area (Å²) < 4.78 is 7.00. The van der Waals surface area contributed by atoms with Crippen LogP contribution in [0.4, 0.5) is 0 Å². The molecule has 2 fully saturated rings. The highest BCUT2D eigenvalue weighted by molar-refractivity contribution is 5.77. The molecular weight excluding hydrogens is 330 g/mol. The number of benzene rings is 1. The van der Waals surface area contributed by atoms with E-state index in [1.165, 1.54) is 0 Å². The van der Waals surface area contributed by atoms with Crippen LogP contribution in [0.1, 0.15) is 44.0 Å². The van der Waals surface area contributed by atoms with E-state index in [1.54, 1.807) is 11.7 Å². The van der Waals surface area contributed by atoms with Gasteiger partial charge in [0.05, 0.1) is 35.7 Å². The first kappa shape index (κ1) is 17.6. The lowest BCUT2D eigenvalue weighted by molar-refractivity contribution is -0.0620. The van der Waals surface area contributed by atoms with Gasteiger partial charge in [-0.25, -0.2) is 4.98 Å². The van der Waals surface area contributed by atoms with Crippen molar-refractivity contribution in [3.8, 4) is 0 Å². The lowest BCUT2D eigenvalue weighted by Crippen LogP contribution is -2.48. The maximum atomic E-state index is 13.1. The molecule has 0 amide bonds. The smallest absolute Gasteiger partial charge is 0.261 e. The van der Waals surface area contributed by atoms with Crippen LogP contribution in [-0.2, 0) is 11.3 Å². The highest BCUT2D eigenvalue weighted by atomic mass is 16.5. The molecule has 6 nitrogen and oxygen atoms in total. The van der Waals surface area contributed by atoms with Gasteiger partial charge in [-0.2, -0.15) is 0 Å². The summed E-state index contributed by atoms with van der Waals surface area (Å²) >= 11 is 0. The van der Waals surface area contributed by atoms with Crippen molar-refractivity contribution in [2.45, 2.75) is 50.3 Å². The molecular formula is C20H27N3O3. The van der Waals surface area contributed by atoms with Crippen molar-refractivity contribution in [3.63, 3.8) is 0 Å². The van der Waals surface area contributed by atoms with Crippen LogP contribution in [0.15, 0.2) is 29.1 Å². The van der Waals surface area contributed by atoms with Gasteiger partial charge in [0.15, 0.2) is 0 Å². The SMILES string of the molecule is COCCn1c(C2CCCN2CC2(O)CCC2)nc2ccccc2c1=O. The van der Waals surface area contributed by atoms with Crippen LogP contribution in [0.2, 0.25) is 0 Å². The zero-order valence-corrected chi connectivity index (χ0v) is 15.4. The number of para-hydroxylation sites is 1. The summed E-state index contributed by atoms with van der Waals surface area (Å²) in [6.07, 6.45) is 4.87. The van der Waals surface area contributed by atoms with Crippen molar-refractivity contribution >= 4 is 10.9 Å². The maximum Gasteiger partial charge on any atom is 0.261 e. The van der Waals surface area contributed by atoms with Gasteiger partial charge < -0.3 is 9.84 Å². The third kappa shape index (κ3) is 3.17. The van der Waals surface area contributed by atoms with E-state index in [-0.39, 0.29) is 11.6 Å². The Bertz CT molecular complexity index is 844. The van der Waals surface area contributed by atoms with Gasteiger partial charge in [-0.15, -0.1) is 0 Å². The van der Waals surface area contributed by atoms with Crippen molar-refractivity contribution in [3.05, 3.63) is 40.4 Å². The van der Waals surface area contributed by atoms with Crippen LogP contribution in [0.5, 0.6) is 0 Å². The van der Waals surface area contributed by atoms with Crippen molar-refractivity contribution in [1.29, 1.82) is 0 Å². The molecule has 0 spiro atoms. The topological polar surface area (TPSA) is 67.6 Å². The molecule has 26 heavy (non-hydrogen) atoms. The summed E-state index contributed by atoms with van der Waals surface area (Å²) in [5.74, 6) is 0.811. The normalized spacial score (nSPS) is 22.6. The van der Waals surface area contributed by atoms with Gasteiger partial charge in [-0.05, 0) is 50.8 Å². The number of rotatable bonds is 6. The molecule has 0 bridgehead atoms. The molecule has 1 saturated heterocycles. The Hall–Kier alpha value is -1.76. The van der Waals surface area contributed by atoms with Crippen LogP contribution in [0.3, 0.4) is 0 Å². The highest BCUT2D eigenvalue weighted by Gasteiger charge is 2.40. The predicted molar refractivity (Wildman–Crippen MR) is 100 cm³/mol. The van der Waals surface area contributed by atoms with Gasteiger partial charge in [-0.3, -0.25) is 14.3 Å². The number of hydrogen-bond donors (Lipinski definition) is 1. The Morgan fingerprint density at radius 2 is 2.12 bits per heavy atom. The van der Waals surface area contributed by atoms with E-state index in [2.05, 4.69) is 4.90 Å². The number of likely N-dealkylation sites (tertiary alicyclic amines) is 1. The molecule has 1 N–H and O–H groups in total. The third-order valence-electron chi connectivity index (χ3n) is 5.85. The highest BCUT2D eigenvalue weighted by Crippen LogP contribution is 2.38. The molecule has 2 aromatic rings. The minimum absolute atomic E-state index is 0.00291. The van der Waals surface area contributed by atoms with Gasteiger partial charge in [0, 0.05) is 13.7 Å². The number of ether oxygens (including phenoxy) is 1. The van der Waals surface area contributed by atoms with E-state index in [4.69, 9.17) is 9.72 Å². The maximum absolute atomic E-state index is 13.1. The molecule has 6 heteroatoms. The number of β-amino-alcohol motifs (C(OH)–C–C–N with tert-alkyl or cyclic N) is 1. The van der Waals surface area contributed by atoms with Gasteiger partial charge in [0.25, 0.3) is 5.56 Å². The van der Waals surface area contributed by atoms with Crippen LogP contribution in [0, 0.1) is 0 Å². The molecule has 1 aromatic carbocycles. The number of aromatic nitrogens is 2. The standard InChI is InChI=1S/C20H27N3O3/c1-26-13-12-23-18(21-16-7-3-2-6-15(16)19(23)24)17-8-4-11-22(17)14-20(25)9-5-10-20/h2-3,6-7,17,25H,4-5,8-14H2,1H3. The zero-order valence-electron chi connectivity index (χ0n) is 15.4. The van der Waals surface area contributed by atoms with Crippen molar-refractivity contribution < 1.29 is 9.84 Å². The zero-order chi connectivity index (χ0) is 18.1. The molecule has 0 radical (unpaired) electrons. The van der Waals surface area contributed by atoms with Crippen molar-refractivity contribution in [2.75, 3.05) is 26.8 Å². The second kappa shape index (κ2) is 7.10. The van der Waals surface area contributed by atoms with Crippen LogP contribution >= 0.6 is 0 Å². The molecule has 1 aliphatic carbocycles. The Kier molecular flexibility index (Phi) is 4.82. The van der Waals surface area contributed by atoms with Gasteiger partial charge in [0.2, 0.25) is 0 Å². The van der Waals surface area contributed by atoms with E-state index in [1.807, 2.05) is 24.3 Å². The second-order valence-corrected chi connectivity index (χ2v) is 7.64. The first-order valence-corrected chi connectivity index (χ1v) is 9.56. The van der Waals surface area contributed by atoms with Crippen LogP contribution in [-0.4, -0.2) is 52.0 Å². The summed E-state index contributed by atoms with van der Waals surface area (Å²) in [6, 6.07) is 7.61. The summed E-state index contributed by atoms with van der Waals surface area (Å²) in [5, 5.41) is 11.3. The van der Waals surface area contributed by atoms with Gasteiger partial charge in [-0.1, -0.05) is 12.1 Å². The Labute approximate surface area is 153 Å². The third-order valence-corrected chi connectivity index (χ3v) is 5.85.